The topological polar surface area (TPSA) is 38.0 Å². The molecule has 1 N–H and O–H groups in total. The minimum Gasteiger partial charge on any atom is -0.378 e. The first-order valence-corrected chi connectivity index (χ1v) is 5.83. The van der Waals surface area contributed by atoms with Gasteiger partial charge in [0.25, 0.3) is 0 Å². The van der Waals surface area contributed by atoms with Crippen LogP contribution in [0.3, 0.4) is 0 Å². The molecule has 92 valence electrons. The number of aliphatic hydroxyl groups is 1. The van der Waals surface area contributed by atoms with Gasteiger partial charge in [0.05, 0.1) is 6.33 Å². The molecular formula is C15H16N2O. The lowest BCUT2D eigenvalue weighted by molar-refractivity contribution is 0.143. The Morgan fingerprint density at radius 3 is 2.56 bits per heavy atom. The minimum absolute atomic E-state index is 0.805. The van der Waals surface area contributed by atoms with Crippen molar-refractivity contribution in [3.8, 4) is 11.8 Å². The molecule has 0 aliphatic heterocycles. The van der Waals surface area contributed by atoms with Gasteiger partial charge in [0, 0.05) is 24.5 Å². The summed E-state index contributed by atoms with van der Waals surface area (Å²) in [5.74, 6) is 5.75. The zero-order valence-electron chi connectivity index (χ0n) is 10.6. The molecule has 2 aromatic rings. The van der Waals surface area contributed by atoms with E-state index in [2.05, 4.69) is 16.8 Å². The van der Waals surface area contributed by atoms with Crippen molar-refractivity contribution in [2.24, 2.45) is 0 Å². The van der Waals surface area contributed by atoms with Crippen LogP contribution in [0.1, 0.15) is 25.0 Å². The Labute approximate surface area is 107 Å². The fourth-order valence-corrected chi connectivity index (χ4v) is 1.51. The van der Waals surface area contributed by atoms with Gasteiger partial charge in [-0.2, -0.15) is 0 Å². The second-order valence-corrected chi connectivity index (χ2v) is 4.74. The van der Waals surface area contributed by atoms with E-state index in [0.29, 0.717) is 0 Å². The predicted molar refractivity (Wildman–Crippen MR) is 70.9 cm³/mol. The highest BCUT2D eigenvalue weighted by Crippen LogP contribution is 2.06. The lowest BCUT2D eigenvalue weighted by atomic mass is 10.1. The smallest absolute Gasteiger partial charge is 0.120 e. The molecule has 0 amide bonds. The molecule has 3 heteroatoms. The number of benzene rings is 1. The third kappa shape index (κ3) is 3.76. The third-order valence-electron chi connectivity index (χ3n) is 2.39. The molecule has 0 saturated carbocycles. The molecule has 1 heterocycles. The molecule has 0 saturated heterocycles. The second-order valence-electron chi connectivity index (χ2n) is 4.74. The summed E-state index contributed by atoms with van der Waals surface area (Å²) < 4.78 is 2.01. The number of hydrogen-bond acceptors (Lipinski definition) is 2. The van der Waals surface area contributed by atoms with E-state index in [9.17, 15) is 5.11 Å². The van der Waals surface area contributed by atoms with Gasteiger partial charge in [-0.1, -0.05) is 24.0 Å². The standard InChI is InChI=1S/C15H16N2O/c1-15(2,18)8-7-13-3-5-14(6-4-13)11-17-10-9-16-12-17/h3-6,9-10,12,18H,11H2,1-2H3. The minimum atomic E-state index is -0.949. The van der Waals surface area contributed by atoms with Crippen molar-refractivity contribution in [1.82, 2.24) is 9.55 Å². The van der Waals surface area contributed by atoms with Gasteiger partial charge in [0.15, 0.2) is 0 Å². The Bertz CT molecular complexity index is 551. The average molecular weight is 240 g/mol. The molecule has 18 heavy (non-hydrogen) atoms. The molecule has 1 aromatic carbocycles. The first kappa shape index (κ1) is 12.4. The van der Waals surface area contributed by atoms with Crippen LogP contribution in [-0.2, 0) is 6.54 Å². The maximum absolute atomic E-state index is 9.52. The summed E-state index contributed by atoms with van der Waals surface area (Å²) in [4.78, 5) is 4.01. The van der Waals surface area contributed by atoms with Crippen LogP contribution in [0.25, 0.3) is 0 Å². The fraction of sp³-hybridized carbons (Fsp3) is 0.267. The highest BCUT2D eigenvalue weighted by molar-refractivity contribution is 5.37. The van der Waals surface area contributed by atoms with Crippen molar-refractivity contribution in [2.75, 3.05) is 0 Å². The predicted octanol–water partition coefficient (Wildman–Crippen LogP) is 2.05. The number of imidazole rings is 1. The second kappa shape index (κ2) is 5.07. The molecule has 0 aliphatic rings. The Balaban J connectivity index is 2.08. The van der Waals surface area contributed by atoms with E-state index in [-0.39, 0.29) is 0 Å². The van der Waals surface area contributed by atoms with E-state index in [0.717, 1.165) is 12.1 Å². The quantitative estimate of drug-likeness (QED) is 0.816. The van der Waals surface area contributed by atoms with Gasteiger partial charge < -0.3 is 9.67 Å². The zero-order chi connectivity index (χ0) is 13.0. The van der Waals surface area contributed by atoms with E-state index < -0.39 is 5.60 Å². The third-order valence-corrected chi connectivity index (χ3v) is 2.39. The van der Waals surface area contributed by atoms with Crippen LogP contribution in [0.15, 0.2) is 43.0 Å². The van der Waals surface area contributed by atoms with Crippen LogP contribution in [0.5, 0.6) is 0 Å². The molecule has 0 radical (unpaired) electrons. The summed E-state index contributed by atoms with van der Waals surface area (Å²) in [7, 11) is 0. The highest BCUT2D eigenvalue weighted by atomic mass is 16.3. The molecule has 0 fully saturated rings. The van der Waals surface area contributed by atoms with Crippen molar-refractivity contribution < 1.29 is 5.11 Å². The molecular weight excluding hydrogens is 224 g/mol. The Kier molecular flexibility index (Phi) is 3.50. The summed E-state index contributed by atoms with van der Waals surface area (Å²) in [5.41, 5.74) is 1.16. The number of nitrogens with zero attached hydrogens (tertiary/aromatic N) is 2. The number of aromatic nitrogens is 2. The van der Waals surface area contributed by atoms with Gasteiger partial charge in [-0.3, -0.25) is 0 Å². The number of rotatable bonds is 2. The maximum Gasteiger partial charge on any atom is 0.120 e. The molecule has 0 spiro atoms. The van der Waals surface area contributed by atoms with Crippen LogP contribution in [-0.4, -0.2) is 20.3 Å². The van der Waals surface area contributed by atoms with Crippen molar-refractivity contribution >= 4 is 0 Å². The average Bonchev–Trinajstić information content (AvgIpc) is 2.80. The molecule has 0 bridgehead atoms. The van der Waals surface area contributed by atoms with Crippen molar-refractivity contribution in [1.29, 1.82) is 0 Å². The fourth-order valence-electron chi connectivity index (χ4n) is 1.51. The van der Waals surface area contributed by atoms with Crippen molar-refractivity contribution in [2.45, 2.75) is 26.0 Å². The number of hydrogen-bond donors (Lipinski definition) is 1. The van der Waals surface area contributed by atoms with E-state index in [1.807, 2.05) is 35.0 Å². The Morgan fingerprint density at radius 2 is 2.00 bits per heavy atom. The maximum atomic E-state index is 9.52. The van der Waals surface area contributed by atoms with Gasteiger partial charge in [-0.15, -0.1) is 0 Å². The van der Waals surface area contributed by atoms with Crippen molar-refractivity contribution in [3.63, 3.8) is 0 Å². The molecule has 3 nitrogen and oxygen atoms in total. The largest absolute Gasteiger partial charge is 0.378 e. The van der Waals surface area contributed by atoms with E-state index in [1.54, 1.807) is 26.4 Å². The Morgan fingerprint density at radius 1 is 1.28 bits per heavy atom. The molecule has 2 rings (SSSR count). The van der Waals surface area contributed by atoms with Gasteiger partial charge >= 0.3 is 0 Å². The molecule has 0 unspecified atom stereocenters. The molecule has 0 aliphatic carbocycles. The van der Waals surface area contributed by atoms with Gasteiger partial charge in [-0.05, 0) is 31.5 Å². The van der Waals surface area contributed by atoms with Crippen LogP contribution in [0, 0.1) is 11.8 Å². The Hall–Kier alpha value is -2.05. The van der Waals surface area contributed by atoms with Gasteiger partial charge in [0.1, 0.15) is 5.60 Å². The first-order chi connectivity index (χ1) is 8.53. The normalized spacial score (nSPS) is 10.8. The van der Waals surface area contributed by atoms with Crippen LogP contribution < -0.4 is 0 Å². The monoisotopic (exact) mass is 240 g/mol. The summed E-state index contributed by atoms with van der Waals surface area (Å²) >= 11 is 0. The molecule has 1 aromatic heterocycles. The van der Waals surface area contributed by atoms with E-state index in [4.69, 9.17) is 0 Å². The SMILES string of the molecule is CC(C)(O)C#Cc1ccc(Cn2ccnc2)cc1. The van der Waals surface area contributed by atoms with Crippen LogP contribution in [0.2, 0.25) is 0 Å². The zero-order valence-corrected chi connectivity index (χ0v) is 10.6. The molecule has 0 atom stereocenters. The van der Waals surface area contributed by atoms with E-state index in [1.165, 1.54) is 5.56 Å². The lowest BCUT2D eigenvalue weighted by Gasteiger charge is -2.06. The summed E-state index contributed by atoms with van der Waals surface area (Å²) in [5, 5.41) is 9.52. The van der Waals surface area contributed by atoms with Crippen LogP contribution >= 0.6 is 0 Å². The van der Waals surface area contributed by atoms with Gasteiger partial charge in [0.2, 0.25) is 0 Å². The van der Waals surface area contributed by atoms with Crippen molar-refractivity contribution in [3.05, 3.63) is 54.1 Å². The summed E-state index contributed by atoms with van der Waals surface area (Å²) in [6.45, 7) is 4.15. The lowest BCUT2D eigenvalue weighted by Crippen LogP contribution is -2.14. The van der Waals surface area contributed by atoms with E-state index >= 15 is 0 Å². The highest BCUT2D eigenvalue weighted by Gasteiger charge is 2.05. The van der Waals surface area contributed by atoms with Gasteiger partial charge in [-0.25, -0.2) is 4.98 Å². The first-order valence-electron chi connectivity index (χ1n) is 5.83. The van der Waals surface area contributed by atoms with Crippen LogP contribution in [0.4, 0.5) is 0 Å². The summed E-state index contributed by atoms with van der Waals surface area (Å²) in [6, 6.07) is 8.00. The summed E-state index contributed by atoms with van der Waals surface area (Å²) in [6.07, 6.45) is 5.49.